The Labute approximate surface area is 202 Å². The van der Waals surface area contributed by atoms with Crippen LogP contribution in [-0.2, 0) is 4.79 Å². The van der Waals surface area contributed by atoms with Gasteiger partial charge >= 0.3 is 5.97 Å². The fraction of sp³-hybridized carbons (Fsp3) is 0.167. The molecule has 2 aromatic carbocycles. The number of nitrogens with one attached hydrogen (secondary N) is 2. The summed E-state index contributed by atoms with van der Waals surface area (Å²) in [6, 6.07) is 8.48. The van der Waals surface area contributed by atoms with Gasteiger partial charge in [-0.25, -0.2) is 4.79 Å². The van der Waals surface area contributed by atoms with Crippen LogP contribution < -0.4 is 15.4 Å². The molecule has 1 unspecified atom stereocenters. The van der Waals surface area contributed by atoms with Crippen molar-refractivity contribution in [2.45, 2.75) is 6.10 Å². The predicted octanol–water partition coefficient (Wildman–Crippen LogP) is 3.42. The normalized spacial score (nSPS) is 11.5. The van der Waals surface area contributed by atoms with Gasteiger partial charge in [-0.05, 0) is 67.8 Å². The van der Waals surface area contributed by atoms with Crippen molar-refractivity contribution in [2.24, 2.45) is 0 Å². The summed E-state index contributed by atoms with van der Waals surface area (Å²) in [6.45, 7) is 0. The van der Waals surface area contributed by atoms with Crippen molar-refractivity contribution in [1.29, 1.82) is 0 Å². The number of carboxylic acid groups (broad SMARTS) is 1. The number of hydrogen-bond donors (Lipinski definition) is 3. The fourth-order valence-electron chi connectivity index (χ4n) is 2.40. The first-order valence-corrected chi connectivity index (χ1v) is 11.1. The van der Waals surface area contributed by atoms with Crippen molar-refractivity contribution in [3.8, 4) is 5.75 Å². The maximum Gasteiger partial charge on any atom is 0.349 e. The van der Waals surface area contributed by atoms with Gasteiger partial charge < -0.3 is 20.5 Å². The van der Waals surface area contributed by atoms with E-state index in [1.54, 1.807) is 30.3 Å². The van der Waals surface area contributed by atoms with E-state index in [0.29, 0.717) is 16.3 Å². The summed E-state index contributed by atoms with van der Waals surface area (Å²) in [4.78, 5) is 36.7. The van der Waals surface area contributed by atoms with Crippen molar-refractivity contribution < 1.29 is 24.2 Å². The van der Waals surface area contributed by atoms with Gasteiger partial charge in [-0.1, -0.05) is 30.3 Å². The molecule has 0 heterocycles. The molecule has 10 heteroatoms. The summed E-state index contributed by atoms with van der Waals surface area (Å²) in [5.74, 6) is -1.80. The summed E-state index contributed by atoms with van der Waals surface area (Å²) in [5, 5.41) is 14.8. The van der Waals surface area contributed by atoms with Crippen LogP contribution in [0, 0.1) is 10.7 Å². The molecule has 0 saturated heterocycles. The van der Waals surface area contributed by atoms with E-state index >= 15 is 0 Å². The minimum absolute atomic E-state index is 0.176. The highest BCUT2D eigenvalue weighted by Crippen LogP contribution is 2.39. The molecule has 0 radical (unpaired) electrons. The van der Waals surface area contributed by atoms with E-state index in [0.717, 1.165) is 0 Å². The first-order valence-electron chi connectivity index (χ1n) is 7.83. The highest BCUT2D eigenvalue weighted by molar-refractivity contribution is 14.1. The molecule has 0 aromatic heterocycles. The molecule has 0 spiro atoms. The Balaban J connectivity index is 2.73. The Morgan fingerprint density at radius 1 is 0.893 bits per heavy atom. The number of amides is 2. The van der Waals surface area contributed by atoms with Crippen molar-refractivity contribution in [3.05, 3.63) is 57.7 Å². The number of benzene rings is 2. The minimum atomic E-state index is -1.29. The van der Waals surface area contributed by atoms with Crippen LogP contribution in [0.4, 0.5) is 0 Å². The van der Waals surface area contributed by atoms with E-state index in [-0.39, 0.29) is 16.9 Å². The average molecular weight is 720 g/mol. The van der Waals surface area contributed by atoms with Crippen LogP contribution in [0.25, 0.3) is 0 Å². The first-order chi connectivity index (χ1) is 13.2. The van der Waals surface area contributed by atoms with Gasteiger partial charge in [-0.3, -0.25) is 9.59 Å². The summed E-state index contributed by atoms with van der Waals surface area (Å²) in [6.07, 6.45) is -1.29. The highest BCUT2D eigenvalue weighted by Gasteiger charge is 2.31. The number of halogens is 3. The summed E-state index contributed by atoms with van der Waals surface area (Å²) >= 11 is 5.82. The number of rotatable bonds is 6. The van der Waals surface area contributed by atoms with Crippen LogP contribution in [0.15, 0.2) is 30.3 Å². The molecule has 0 aliphatic rings. The summed E-state index contributed by atoms with van der Waals surface area (Å²) in [7, 11) is 2.97. The second-order valence-corrected chi connectivity index (χ2v) is 8.66. The van der Waals surface area contributed by atoms with Crippen LogP contribution in [0.2, 0.25) is 0 Å². The zero-order chi connectivity index (χ0) is 21.0. The Morgan fingerprint density at radius 2 is 1.36 bits per heavy atom. The number of aliphatic carboxylic acids is 1. The van der Waals surface area contributed by atoms with E-state index in [1.807, 2.05) is 67.8 Å². The third-order valence-electron chi connectivity index (χ3n) is 3.75. The van der Waals surface area contributed by atoms with Gasteiger partial charge in [-0.15, -0.1) is 0 Å². The molecule has 0 saturated carbocycles. The quantitative estimate of drug-likeness (QED) is 0.398. The number of carbonyl (C=O) groups excluding carboxylic acids is 2. The van der Waals surface area contributed by atoms with Gasteiger partial charge in [0.15, 0.2) is 0 Å². The van der Waals surface area contributed by atoms with Crippen LogP contribution in [0.3, 0.4) is 0 Å². The van der Waals surface area contributed by atoms with E-state index in [1.165, 1.54) is 14.1 Å². The smallest absolute Gasteiger partial charge is 0.349 e. The van der Waals surface area contributed by atoms with Gasteiger partial charge in [0.1, 0.15) is 5.75 Å². The van der Waals surface area contributed by atoms with Crippen LogP contribution in [0.1, 0.15) is 32.4 Å². The zero-order valence-electron chi connectivity index (χ0n) is 14.7. The molecule has 7 nitrogen and oxygen atoms in total. The molecule has 2 rings (SSSR count). The third-order valence-corrected chi connectivity index (χ3v) is 6.88. The number of hydrogen-bond acceptors (Lipinski definition) is 4. The first kappa shape index (κ1) is 23.1. The van der Waals surface area contributed by atoms with E-state index in [2.05, 4.69) is 10.6 Å². The zero-order valence-corrected chi connectivity index (χ0v) is 21.2. The van der Waals surface area contributed by atoms with Gasteiger partial charge in [0.25, 0.3) is 11.8 Å². The average Bonchev–Trinajstić information content (AvgIpc) is 2.67. The van der Waals surface area contributed by atoms with Crippen LogP contribution in [0.5, 0.6) is 5.75 Å². The maximum absolute atomic E-state index is 12.4. The van der Waals surface area contributed by atoms with E-state index in [4.69, 9.17) is 4.74 Å². The molecule has 2 aromatic rings. The number of ether oxygens (including phenoxy) is 1. The standard InChI is InChI=1S/C18H15I3N2O5/c1-22-16(24)9-11(19)10(17(25)23-2)13(21)15(12(9)20)28-14(18(26)27)8-6-4-3-5-7-8/h3-7,14H,1-2H3,(H,22,24)(H,23,25)(H,26,27). The highest BCUT2D eigenvalue weighted by atomic mass is 127. The van der Waals surface area contributed by atoms with Crippen molar-refractivity contribution in [3.63, 3.8) is 0 Å². The lowest BCUT2D eigenvalue weighted by Crippen LogP contribution is -2.27. The minimum Gasteiger partial charge on any atom is -0.478 e. The fourth-order valence-corrected chi connectivity index (χ4v) is 6.80. The predicted molar refractivity (Wildman–Crippen MR) is 129 cm³/mol. The largest absolute Gasteiger partial charge is 0.478 e. The molecule has 0 aliphatic carbocycles. The second-order valence-electron chi connectivity index (χ2n) is 5.43. The topological polar surface area (TPSA) is 105 Å². The molecular weight excluding hydrogens is 705 g/mol. The molecule has 28 heavy (non-hydrogen) atoms. The maximum atomic E-state index is 12.4. The molecule has 3 N–H and O–H groups in total. The molecule has 2 amide bonds. The summed E-state index contributed by atoms with van der Waals surface area (Å²) < 4.78 is 7.20. The van der Waals surface area contributed by atoms with Crippen LogP contribution in [-0.4, -0.2) is 37.0 Å². The molecule has 148 valence electrons. The lowest BCUT2D eigenvalue weighted by molar-refractivity contribution is -0.145. The van der Waals surface area contributed by atoms with E-state index in [9.17, 15) is 19.5 Å². The van der Waals surface area contributed by atoms with Crippen molar-refractivity contribution in [2.75, 3.05) is 14.1 Å². The molecule has 1 atom stereocenters. The Kier molecular flexibility index (Phi) is 8.30. The van der Waals surface area contributed by atoms with Gasteiger partial charge in [0, 0.05) is 23.2 Å². The monoisotopic (exact) mass is 720 g/mol. The van der Waals surface area contributed by atoms with Gasteiger partial charge in [0.2, 0.25) is 6.10 Å². The SMILES string of the molecule is CNC(=O)c1c(I)c(OC(C(=O)O)c2ccccc2)c(I)c(C(=O)NC)c1I. The lowest BCUT2D eigenvalue weighted by Gasteiger charge is -2.22. The second kappa shape index (κ2) is 10.0. The van der Waals surface area contributed by atoms with Gasteiger partial charge in [-0.2, -0.15) is 0 Å². The Hall–Kier alpha value is -1.16. The van der Waals surface area contributed by atoms with E-state index < -0.39 is 23.9 Å². The van der Waals surface area contributed by atoms with Gasteiger partial charge in [0.05, 0.1) is 18.3 Å². The number of carboxylic acids is 1. The molecule has 0 bridgehead atoms. The van der Waals surface area contributed by atoms with Crippen LogP contribution >= 0.6 is 67.8 Å². The Morgan fingerprint density at radius 3 is 1.75 bits per heavy atom. The van der Waals surface area contributed by atoms with Crippen molar-refractivity contribution in [1.82, 2.24) is 10.6 Å². The molecule has 0 fully saturated rings. The Bertz CT molecular complexity index is 892. The molecule has 0 aliphatic heterocycles. The lowest BCUT2D eigenvalue weighted by atomic mass is 10.1. The molecular formula is C18H15I3N2O5. The van der Waals surface area contributed by atoms with Crippen molar-refractivity contribution >= 4 is 85.6 Å². The number of carbonyl (C=O) groups is 3. The summed E-state index contributed by atoms with van der Waals surface area (Å²) in [5.41, 5.74) is 0.966. The third kappa shape index (κ3) is 4.69.